The molecule has 2 fully saturated rings. The van der Waals surface area contributed by atoms with Gasteiger partial charge in [-0.1, -0.05) is 17.7 Å². The molecule has 8 heteroatoms. The Kier molecular flexibility index (Phi) is 4.40. The Morgan fingerprint density at radius 3 is 2.65 bits per heavy atom. The van der Waals surface area contributed by atoms with Crippen molar-refractivity contribution in [2.24, 2.45) is 5.92 Å². The van der Waals surface area contributed by atoms with Gasteiger partial charge in [-0.05, 0) is 55.8 Å². The third kappa shape index (κ3) is 2.79. The van der Waals surface area contributed by atoms with E-state index in [-0.39, 0.29) is 10.7 Å². The van der Waals surface area contributed by atoms with E-state index in [0.29, 0.717) is 29.7 Å². The molecule has 136 valence electrons. The van der Waals surface area contributed by atoms with Gasteiger partial charge >= 0.3 is 0 Å². The van der Waals surface area contributed by atoms with E-state index in [1.165, 1.54) is 6.07 Å². The fourth-order valence-corrected chi connectivity index (χ4v) is 5.12. The molecule has 0 aromatic heterocycles. The van der Waals surface area contributed by atoms with Crippen molar-refractivity contribution in [2.45, 2.75) is 41.7 Å². The predicted octanol–water partition coefficient (Wildman–Crippen LogP) is 4.47. The van der Waals surface area contributed by atoms with E-state index in [2.05, 4.69) is 0 Å². The highest BCUT2D eigenvalue weighted by Crippen LogP contribution is 2.55. The molecule has 0 bridgehead atoms. The molecule has 3 aliphatic rings. The minimum Gasteiger partial charge on any atom is -0.280 e. The monoisotopic (exact) mass is 413 g/mol. The van der Waals surface area contributed by atoms with Crippen LogP contribution in [0.1, 0.15) is 32.1 Å². The number of nitrogens with zero attached hydrogens (tertiary/aromatic N) is 1. The van der Waals surface area contributed by atoms with Crippen LogP contribution in [0.25, 0.3) is 0 Å². The number of halogens is 3. The molecule has 1 aromatic rings. The van der Waals surface area contributed by atoms with Crippen LogP contribution in [0, 0.1) is 11.7 Å². The van der Waals surface area contributed by atoms with Crippen molar-refractivity contribution in [1.29, 1.82) is 0 Å². The molecule has 1 saturated carbocycles. The number of rotatable bonds is 4. The van der Waals surface area contributed by atoms with Gasteiger partial charge in [0.2, 0.25) is 11.1 Å². The normalized spacial score (nSPS) is 23.7. The van der Waals surface area contributed by atoms with Crippen LogP contribution in [0.3, 0.4) is 0 Å². The summed E-state index contributed by atoms with van der Waals surface area (Å²) in [5.41, 5.74) is 0.319. The number of hydrogen-bond donors (Lipinski definition) is 0. The molecule has 4 nitrogen and oxygen atoms in total. The van der Waals surface area contributed by atoms with Crippen LogP contribution in [0.15, 0.2) is 28.7 Å². The van der Waals surface area contributed by atoms with Crippen molar-refractivity contribution in [1.82, 2.24) is 0 Å². The molecule has 1 aromatic carbocycles. The number of thioether (sulfide) groups is 1. The third-order valence-electron chi connectivity index (χ3n) is 5.02. The molecule has 2 amide bonds. The lowest BCUT2D eigenvalue weighted by Gasteiger charge is -2.18. The number of amides is 2. The first kappa shape index (κ1) is 18.0. The van der Waals surface area contributed by atoms with E-state index >= 15 is 0 Å². The molecule has 1 atom stereocenters. The molecular formula is C18H14Cl2FNO3S. The van der Waals surface area contributed by atoms with Gasteiger partial charge in [-0.3, -0.25) is 14.4 Å². The van der Waals surface area contributed by atoms with Crippen LogP contribution >= 0.6 is 35.0 Å². The zero-order valence-electron chi connectivity index (χ0n) is 13.6. The Bertz CT molecular complexity index is 881. The highest BCUT2D eigenvalue weighted by Gasteiger charge is 2.51. The summed E-state index contributed by atoms with van der Waals surface area (Å²) in [6, 6.07) is 2.45. The van der Waals surface area contributed by atoms with Crippen molar-refractivity contribution >= 4 is 57.7 Å². The lowest BCUT2D eigenvalue weighted by atomic mass is 9.90. The van der Waals surface area contributed by atoms with E-state index in [9.17, 15) is 18.8 Å². The Hall–Kier alpha value is -1.37. The largest absolute Gasteiger partial charge is 0.280 e. The number of allylic oxidation sites excluding steroid dienone is 1. The Morgan fingerprint density at radius 2 is 2.04 bits per heavy atom. The van der Waals surface area contributed by atoms with Gasteiger partial charge < -0.3 is 0 Å². The molecule has 2 aliphatic carbocycles. The Labute approximate surface area is 163 Å². The minimum atomic E-state index is -0.754. The second-order valence-corrected chi connectivity index (χ2v) is 8.90. The summed E-state index contributed by atoms with van der Waals surface area (Å²) in [4.78, 5) is 38.3. The summed E-state index contributed by atoms with van der Waals surface area (Å²) < 4.78 is 13.8. The number of fused-ring (bicyclic) bond motifs is 1. The van der Waals surface area contributed by atoms with Crippen LogP contribution in [-0.2, 0) is 14.4 Å². The lowest BCUT2D eigenvalue weighted by Crippen LogP contribution is -2.31. The van der Waals surface area contributed by atoms with E-state index < -0.39 is 33.5 Å². The quantitative estimate of drug-likeness (QED) is 0.539. The summed E-state index contributed by atoms with van der Waals surface area (Å²) in [7, 11) is 0. The number of anilines is 1. The zero-order valence-corrected chi connectivity index (χ0v) is 15.9. The van der Waals surface area contributed by atoms with Crippen LogP contribution in [-0.4, -0.2) is 21.8 Å². The van der Waals surface area contributed by atoms with E-state index in [4.69, 9.17) is 23.2 Å². The SMILES string of the molecule is O=C1C2=CCCCC2C(=O)N1c1cc(SC2(C(=O)Cl)CC2)c(Cl)cc1F. The fourth-order valence-electron chi connectivity index (χ4n) is 3.41. The average Bonchev–Trinajstić information content (AvgIpc) is 3.35. The highest BCUT2D eigenvalue weighted by molar-refractivity contribution is 8.02. The van der Waals surface area contributed by atoms with Crippen molar-refractivity contribution < 1.29 is 18.8 Å². The summed E-state index contributed by atoms with van der Waals surface area (Å²) >= 11 is 12.9. The minimum absolute atomic E-state index is 0.121. The Balaban J connectivity index is 1.73. The van der Waals surface area contributed by atoms with Gasteiger partial charge in [0.25, 0.3) is 5.91 Å². The molecule has 0 spiro atoms. The summed E-state index contributed by atoms with van der Waals surface area (Å²) in [5.74, 6) is -2.14. The first-order valence-electron chi connectivity index (χ1n) is 8.30. The van der Waals surface area contributed by atoms with Crippen molar-refractivity contribution in [2.75, 3.05) is 4.90 Å². The number of carbonyl (C=O) groups excluding carboxylic acids is 3. The maximum absolute atomic E-state index is 14.6. The Morgan fingerprint density at radius 1 is 1.31 bits per heavy atom. The topological polar surface area (TPSA) is 54.5 Å². The van der Waals surface area contributed by atoms with Gasteiger partial charge in [-0.15, -0.1) is 11.8 Å². The van der Waals surface area contributed by atoms with Crippen LogP contribution in [0.2, 0.25) is 5.02 Å². The van der Waals surface area contributed by atoms with Crippen LogP contribution in [0.5, 0.6) is 0 Å². The summed E-state index contributed by atoms with van der Waals surface area (Å²) in [5, 5.41) is -0.356. The molecule has 1 unspecified atom stereocenters. The molecule has 1 saturated heterocycles. The lowest BCUT2D eigenvalue weighted by molar-refractivity contribution is -0.122. The smallest absolute Gasteiger partial charge is 0.261 e. The maximum Gasteiger partial charge on any atom is 0.261 e. The van der Waals surface area contributed by atoms with Gasteiger partial charge in [0, 0.05) is 10.5 Å². The molecule has 1 aliphatic heterocycles. The summed E-state index contributed by atoms with van der Waals surface area (Å²) in [6.07, 6.45) is 5.14. The first-order chi connectivity index (χ1) is 12.3. The maximum atomic E-state index is 14.6. The fraction of sp³-hybridized carbons (Fsp3) is 0.389. The van der Waals surface area contributed by atoms with Gasteiger partial charge in [-0.25, -0.2) is 9.29 Å². The van der Waals surface area contributed by atoms with E-state index in [0.717, 1.165) is 35.6 Å². The average molecular weight is 414 g/mol. The van der Waals surface area contributed by atoms with E-state index in [1.54, 1.807) is 6.08 Å². The summed E-state index contributed by atoms with van der Waals surface area (Å²) in [6.45, 7) is 0. The molecule has 4 rings (SSSR count). The second kappa shape index (κ2) is 6.36. The van der Waals surface area contributed by atoms with E-state index in [1.807, 2.05) is 0 Å². The van der Waals surface area contributed by atoms with Crippen molar-refractivity contribution in [3.8, 4) is 0 Å². The van der Waals surface area contributed by atoms with Crippen LogP contribution < -0.4 is 4.90 Å². The molecule has 26 heavy (non-hydrogen) atoms. The molecule has 0 N–H and O–H groups in total. The van der Waals surface area contributed by atoms with Gasteiger partial charge in [0.15, 0.2) is 0 Å². The number of hydrogen-bond acceptors (Lipinski definition) is 4. The van der Waals surface area contributed by atoms with Gasteiger partial charge in [-0.2, -0.15) is 0 Å². The van der Waals surface area contributed by atoms with Crippen molar-refractivity contribution in [3.63, 3.8) is 0 Å². The van der Waals surface area contributed by atoms with Gasteiger partial charge in [0.05, 0.1) is 21.4 Å². The predicted molar refractivity (Wildman–Crippen MR) is 98.0 cm³/mol. The first-order valence-corrected chi connectivity index (χ1v) is 9.88. The number of carbonyl (C=O) groups is 3. The number of imide groups is 1. The van der Waals surface area contributed by atoms with Crippen molar-refractivity contribution in [3.05, 3.63) is 34.6 Å². The van der Waals surface area contributed by atoms with Crippen LogP contribution in [0.4, 0.5) is 10.1 Å². The molecule has 0 radical (unpaired) electrons. The highest BCUT2D eigenvalue weighted by atomic mass is 35.5. The number of benzene rings is 1. The standard InChI is InChI=1S/C18H14Cl2FNO3S/c19-11-7-12(21)13(8-14(11)26-18(5-6-18)17(20)25)22-15(23)9-3-1-2-4-10(9)16(22)24/h3,7-8,10H,1-2,4-6H2. The van der Waals surface area contributed by atoms with Gasteiger partial charge in [0.1, 0.15) is 5.82 Å². The third-order valence-corrected chi connectivity index (χ3v) is 7.46. The zero-order chi connectivity index (χ0) is 18.6. The molecular weight excluding hydrogens is 400 g/mol. The molecule has 1 heterocycles. The second-order valence-electron chi connectivity index (χ2n) is 6.73.